The van der Waals surface area contributed by atoms with E-state index in [4.69, 9.17) is 0 Å². The van der Waals surface area contributed by atoms with Gasteiger partial charge in [-0.2, -0.15) is 0 Å². The van der Waals surface area contributed by atoms with Gasteiger partial charge < -0.3 is 15.3 Å². The van der Waals surface area contributed by atoms with E-state index in [9.17, 15) is 15.3 Å². The van der Waals surface area contributed by atoms with Crippen molar-refractivity contribution in [1.82, 2.24) is 0 Å². The number of fused-ring (bicyclic) bond motifs is 1. The van der Waals surface area contributed by atoms with E-state index in [2.05, 4.69) is 43.9 Å². The van der Waals surface area contributed by atoms with Crippen LogP contribution < -0.4 is 0 Å². The van der Waals surface area contributed by atoms with Gasteiger partial charge in [0.15, 0.2) is 0 Å². The summed E-state index contributed by atoms with van der Waals surface area (Å²) in [6.07, 6.45) is 14.8. The minimum Gasteiger partial charge on any atom is -0.393 e. The van der Waals surface area contributed by atoms with Gasteiger partial charge in [-0.3, -0.25) is 0 Å². The molecule has 0 amide bonds. The van der Waals surface area contributed by atoms with E-state index < -0.39 is 17.8 Å². The lowest BCUT2D eigenvalue weighted by Gasteiger charge is -2.42. The Bertz CT molecular complexity index is 777. The van der Waals surface area contributed by atoms with E-state index in [0.29, 0.717) is 43.9 Å². The van der Waals surface area contributed by atoms with Gasteiger partial charge in [-0.25, -0.2) is 0 Å². The maximum absolute atomic E-state index is 10.4. The molecule has 3 N–H and O–H groups in total. The molecule has 0 spiro atoms. The highest BCUT2D eigenvalue weighted by Crippen LogP contribution is 2.56. The predicted molar refractivity (Wildman–Crippen MR) is 127 cm³/mol. The standard InChI is InChI=1S/C28H42O3/c1-5-28(31,6-2)16-7-9-20(3)25-13-14-26-22(10-8-15-27(25,26)4)12-11-21-17-23(29)19-24(30)18-21/h11-13,20,23-24,26,29-31H,5-6,8-10,14-15,17-19H2,1-4H3/b22-12+/t20-,23+,24+,26-,27+/m0/s1. The van der Waals surface area contributed by atoms with Gasteiger partial charge in [0, 0.05) is 6.42 Å². The van der Waals surface area contributed by atoms with E-state index in [0.717, 1.165) is 19.3 Å². The average molecular weight is 427 g/mol. The van der Waals surface area contributed by atoms with Crippen LogP contribution in [0.25, 0.3) is 0 Å². The zero-order valence-corrected chi connectivity index (χ0v) is 20.0. The molecule has 0 bridgehead atoms. The topological polar surface area (TPSA) is 60.7 Å². The van der Waals surface area contributed by atoms with Gasteiger partial charge in [-0.05, 0) is 75.0 Å². The SMILES string of the molecule is CCC(O)(C#CC[C@H](C)C1=CC[C@H]2/C(=C/C=C3C[C@@H](O)C[C@H](O)C3)CCC[C@]12C)CC. The molecule has 0 unspecified atom stereocenters. The Labute approximate surface area is 189 Å². The Kier molecular flexibility index (Phi) is 7.90. The highest BCUT2D eigenvalue weighted by atomic mass is 16.3. The lowest BCUT2D eigenvalue weighted by atomic mass is 9.62. The second-order valence-corrected chi connectivity index (χ2v) is 10.4. The number of hydrogen-bond donors (Lipinski definition) is 3. The van der Waals surface area contributed by atoms with E-state index in [-0.39, 0.29) is 5.41 Å². The summed E-state index contributed by atoms with van der Waals surface area (Å²) in [7, 11) is 0. The number of rotatable bonds is 5. The minimum atomic E-state index is -0.843. The van der Waals surface area contributed by atoms with Gasteiger partial charge in [0.1, 0.15) is 5.60 Å². The molecule has 172 valence electrons. The average Bonchev–Trinajstić information content (AvgIpc) is 3.09. The maximum Gasteiger partial charge on any atom is 0.125 e. The molecule has 0 aromatic carbocycles. The van der Waals surface area contributed by atoms with E-state index in [1.807, 2.05) is 13.8 Å². The molecule has 0 saturated heterocycles. The molecule has 0 radical (unpaired) electrons. The van der Waals surface area contributed by atoms with Gasteiger partial charge in [-0.15, -0.1) is 0 Å². The van der Waals surface area contributed by atoms with Crippen molar-refractivity contribution in [3.05, 3.63) is 34.9 Å². The summed E-state index contributed by atoms with van der Waals surface area (Å²) in [5, 5.41) is 30.4. The third kappa shape index (κ3) is 5.54. The van der Waals surface area contributed by atoms with Crippen molar-refractivity contribution in [2.45, 2.75) is 110 Å². The van der Waals surface area contributed by atoms with Crippen LogP contribution in [0.15, 0.2) is 34.9 Å². The highest BCUT2D eigenvalue weighted by Gasteiger charge is 2.45. The predicted octanol–water partition coefficient (Wildman–Crippen LogP) is 5.46. The Morgan fingerprint density at radius 1 is 1.19 bits per heavy atom. The fourth-order valence-corrected chi connectivity index (χ4v) is 6.05. The zero-order valence-electron chi connectivity index (χ0n) is 20.0. The molecule has 3 nitrogen and oxygen atoms in total. The van der Waals surface area contributed by atoms with Crippen molar-refractivity contribution in [2.24, 2.45) is 17.3 Å². The zero-order chi connectivity index (χ0) is 22.6. The summed E-state index contributed by atoms with van der Waals surface area (Å²) < 4.78 is 0. The van der Waals surface area contributed by atoms with Crippen molar-refractivity contribution in [3.63, 3.8) is 0 Å². The smallest absolute Gasteiger partial charge is 0.125 e. The largest absolute Gasteiger partial charge is 0.393 e. The van der Waals surface area contributed by atoms with Gasteiger partial charge in [0.2, 0.25) is 0 Å². The molecule has 5 atom stereocenters. The van der Waals surface area contributed by atoms with Crippen LogP contribution in [0.4, 0.5) is 0 Å². The lowest BCUT2D eigenvalue weighted by molar-refractivity contribution is 0.0609. The first-order valence-corrected chi connectivity index (χ1v) is 12.4. The van der Waals surface area contributed by atoms with Crippen molar-refractivity contribution >= 4 is 0 Å². The van der Waals surface area contributed by atoms with E-state index >= 15 is 0 Å². The van der Waals surface area contributed by atoms with Crippen LogP contribution >= 0.6 is 0 Å². The summed E-state index contributed by atoms with van der Waals surface area (Å²) >= 11 is 0. The third-order valence-electron chi connectivity index (χ3n) is 8.11. The van der Waals surface area contributed by atoms with Gasteiger partial charge in [0.25, 0.3) is 0 Å². The van der Waals surface area contributed by atoms with Gasteiger partial charge >= 0.3 is 0 Å². The quantitative estimate of drug-likeness (QED) is 0.404. The van der Waals surface area contributed by atoms with Gasteiger partial charge in [0.05, 0.1) is 12.2 Å². The van der Waals surface area contributed by atoms with Crippen LogP contribution in [-0.2, 0) is 0 Å². The summed E-state index contributed by atoms with van der Waals surface area (Å²) in [6, 6.07) is 0. The fraction of sp³-hybridized carbons (Fsp3) is 0.714. The first-order chi connectivity index (χ1) is 14.7. The van der Waals surface area contributed by atoms with Crippen LogP contribution in [0.3, 0.4) is 0 Å². The maximum atomic E-state index is 10.4. The van der Waals surface area contributed by atoms with Crippen LogP contribution in [0, 0.1) is 29.1 Å². The molecule has 3 rings (SSSR count). The fourth-order valence-electron chi connectivity index (χ4n) is 6.05. The van der Waals surface area contributed by atoms with E-state index in [1.165, 1.54) is 24.0 Å². The first-order valence-electron chi connectivity index (χ1n) is 12.4. The summed E-state index contributed by atoms with van der Waals surface area (Å²) in [4.78, 5) is 0. The van der Waals surface area contributed by atoms with E-state index in [1.54, 1.807) is 5.57 Å². The normalized spacial score (nSPS) is 33.4. The molecule has 0 aliphatic heterocycles. The Balaban J connectivity index is 1.71. The number of aliphatic hydroxyl groups excluding tert-OH is 2. The molecular weight excluding hydrogens is 384 g/mol. The molecule has 3 aliphatic rings. The minimum absolute atomic E-state index is 0.196. The number of aliphatic hydroxyl groups is 3. The molecule has 3 heteroatoms. The lowest BCUT2D eigenvalue weighted by Crippen LogP contribution is -2.32. The Morgan fingerprint density at radius 3 is 2.52 bits per heavy atom. The molecule has 0 aromatic heterocycles. The molecule has 2 fully saturated rings. The van der Waals surface area contributed by atoms with Crippen LogP contribution in [0.5, 0.6) is 0 Å². The molecular formula is C28H42O3. The summed E-state index contributed by atoms with van der Waals surface area (Å²) in [5.74, 6) is 7.37. The second kappa shape index (κ2) is 10.1. The second-order valence-electron chi connectivity index (χ2n) is 10.4. The Morgan fingerprint density at radius 2 is 1.87 bits per heavy atom. The van der Waals surface area contributed by atoms with Crippen molar-refractivity contribution in [3.8, 4) is 11.8 Å². The Hall–Kier alpha value is -1.34. The van der Waals surface area contributed by atoms with Crippen LogP contribution in [0.2, 0.25) is 0 Å². The molecule has 0 heterocycles. The van der Waals surface area contributed by atoms with Gasteiger partial charge in [-0.1, -0.05) is 74.5 Å². The highest BCUT2D eigenvalue weighted by molar-refractivity contribution is 5.35. The number of hydrogen-bond acceptors (Lipinski definition) is 3. The summed E-state index contributed by atoms with van der Waals surface area (Å²) in [5.41, 5.74) is 3.59. The van der Waals surface area contributed by atoms with Crippen LogP contribution in [-0.4, -0.2) is 33.1 Å². The first kappa shape index (κ1) is 24.3. The third-order valence-corrected chi connectivity index (χ3v) is 8.11. The van der Waals surface area contributed by atoms with Crippen molar-refractivity contribution < 1.29 is 15.3 Å². The number of allylic oxidation sites excluding steroid dienone is 5. The molecule has 31 heavy (non-hydrogen) atoms. The van der Waals surface area contributed by atoms with Crippen molar-refractivity contribution in [2.75, 3.05) is 0 Å². The van der Waals surface area contributed by atoms with Crippen molar-refractivity contribution in [1.29, 1.82) is 0 Å². The van der Waals surface area contributed by atoms with Crippen LogP contribution in [0.1, 0.15) is 91.9 Å². The molecule has 2 saturated carbocycles. The monoisotopic (exact) mass is 426 g/mol. The molecule has 0 aromatic rings. The molecule has 3 aliphatic carbocycles. The summed E-state index contributed by atoms with van der Waals surface area (Å²) in [6.45, 7) is 8.71.